The Morgan fingerprint density at radius 3 is 2.56 bits per heavy atom. The molecule has 0 radical (unpaired) electrons. The van der Waals surface area contributed by atoms with Gasteiger partial charge in [-0.2, -0.15) is 8.78 Å². The molecule has 0 heterocycles. The zero-order chi connectivity index (χ0) is 12.3. The molecule has 0 aromatic heterocycles. The van der Waals surface area contributed by atoms with Crippen LogP contribution in [0.2, 0.25) is 0 Å². The average molecular weight is 234 g/mol. The topological polar surface area (TPSA) is 46.5 Å². The van der Waals surface area contributed by atoms with Crippen LogP contribution >= 0.6 is 0 Å². The highest BCUT2D eigenvalue weighted by Crippen LogP contribution is 2.25. The number of ether oxygens (including phenoxy) is 1. The fraction of sp³-hybridized carbons (Fsp3) is 0.300. The Kier molecular flexibility index (Phi) is 3.76. The second-order valence-corrected chi connectivity index (χ2v) is 3.17. The lowest BCUT2D eigenvalue weighted by Crippen LogP contribution is -2.07. The van der Waals surface area contributed by atoms with E-state index in [4.69, 9.17) is 5.11 Å². The van der Waals surface area contributed by atoms with Crippen LogP contribution in [0.15, 0.2) is 12.1 Å². The van der Waals surface area contributed by atoms with Crippen molar-refractivity contribution in [3.63, 3.8) is 0 Å². The number of alkyl halides is 2. The normalized spacial score (nSPS) is 10.6. The van der Waals surface area contributed by atoms with Crippen molar-refractivity contribution < 1.29 is 27.8 Å². The number of hydrogen-bond donors (Lipinski definition) is 1. The number of carboxylic acids is 1. The first-order valence-electron chi connectivity index (χ1n) is 4.35. The van der Waals surface area contributed by atoms with Crippen LogP contribution in [0.1, 0.15) is 11.1 Å². The zero-order valence-corrected chi connectivity index (χ0v) is 8.34. The van der Waals surface area contributed by atoms with E-state index in [1.165, 1.54) is 13.0 Å². The smallest absolute Gasteiger partial charge is 0.387 e. The maximum absolute atomic E-state index is 13.3. The summed E-state index contributed by atoms with van der Waals surface area (Å²) >= 11 is 0. The summed E-state index contributed by atoms with van der Waals surface area (Å²) in [6.07, 6.45) is -0.368. The van der Waals surface area contributed by atoms with Crippen molar-refractivity contribution in [2.75, 3.05) is 0 Å². The van der Waals surface area contributed by atoms with Crippen molar-refractivity contribution in [2.24, 2.45) is 0 Å². The van der Waals surface area contributed by atoms with E-state index in [0.717, 1.165) is 6.07 Å². The first-order chi connectivity index (χ1) is 7.40. The summed E-state index contributed by atoms with van der Waals surface area (Å²) in [6.45, 7) is -1.75. The Hall–Kier alpha value is -1.72. The van der Waals surface area contributed by atoms with Crippen molar-refractivity contribution in [2.45, 2.75) is 20.0 Å². The molecule has 0 fully saturated rings. The van der Waals surface area contributed by atoms with Gasteiger partial charge in [0, 0.05) is 0 Å². The highest BCUT2D eigenvalue weighted by Gasteiger charge is 2.14. The monoisotopic (exact) mass is 234 g/mol. The SMILES string of the molecule is Cc1cc(CC(=O)O)cc(F)c1OC(F)F. The Labute approximate surface area is 89.5 Å². The third-order valence-corrected chi connectivity index (χ3v) is 1.85. The standard InChI is InChI=1S/C10H9F3O3/c1-5-2-6(4-8(14)15)3-7(11)9(5)16-10(12)13/h2-3,10H,4H2,1H3,(H,14,15). The molecule has 1 N–H and O–H groups in total. The molecule has 0 unspecified atom stereocenters. The van der Waals surface area contributed by atoms with E-state index in [9.17, 15) is 18.0 Å². The summed E-state index contributed by atoms with van der Waals surface area (Å²) in [5.41, 5.74) is 0.334. The van der Waals surface area contributed by atoms with Gasteiger partial charge in [-0.3, -0.25) is 4.79 Å². The predicted molar refractivity (Wildman–Crippen MR) is 49.1 cm³/mol. The Bertz CT molecular complexity index is 381. The minimum atomic E-state index is -3.11. The lowest BCUT2D eigenvalue weighted by Gasteiger charge is -2.10. The highest BCUT2D eigenvalue weighted by atomic mass is 19.3. The first kappa shape index (κ1) is 12.4. The predicted octanol–water partition coefficient (Wildman–Crippen LogP) is 2.36. The molecule has 0 bridgehead atoms. The molecule has 3 nitrogen and oxygen atoms in total. The van der Waals surface area contributed by atoms with Gasteiger partial charge in [0.15, 0.2) is 11.6 Å². The molecule has 0 saturated heterocycles. The van der Waals surface area contributed by atoms with Gasteiger partial charge >= 0.3 is 12.6 Å². The summed E-state index contributed by atoms with van der Waals surface area (Å²) in [7, 11) is 0. The van der Waals surface area contributed by atoms with Gasteiger partial charge in [0.1, 0.15) is 0 Å². The van der Waals surface area contributed by atoms with Gasteiger partial charge in [-0.25, -0.2) is 4.39 Å². The van der Waals surface area contributed by atoms with E-state index in [2.05, 4.69) is 4.74 Å². The van der Waals surface area contributed by atoms with Crippen LogP contribution in [0.3, 0.4) is 0 Å². The number of hydrogen-bond acceptors (Lipinski definition) is 2. The molecule has 0 spiro atoms. The van der Waals surface area contributed by atoms with Crippen LogP contribution in [-0.4, -0.2) is 17.7 Å². The molecule has 0 atom stereocenters. The lowest BCUT2D eigenvalue weighted by atomic mass is 10.1. The Morgan fingerprint density at radius 1 is 1.50 bits per heavy atom. The third kappa shape index (κ3) is 3.15. The molecule has 1 rings (SSSR count). The minimum Gasteiger partial charge on any atom is -0.481 e. The molecule has 0 aliphatic rings. The van der Waals surface area contributed by atoms with E-state index in [1.807, 2.05) is 0 Å². The summed E-state index contributed by atoms with van der Waals surface area (Å²) < 4.78 is 41.1. The number of rotatable bonds is 4. The molecule has 0 aliphatic carbocycles. The van der Waals surface area contributed by atoms with E-state index in [0.29, 0.717) is 0 Å². The summed E-state index contributed by atoms with van der Waals surface area (Å²) in [6, 6.07) is 2.17. The molecular formula is C10H9F3O3. The van der Waals surface area contributed by atoms with Gasteiger partial charge in [-0.1, -0.05) is 6.07 Å². The van der Waals surface area contributed by atoms with E-state index in [1.54, 1.807) is 0 Å². The summed E-state index contributed by atoms with van der Waals surface area (Å²) in [5, 5.41) is 8.49. The van der Waals surface area contributed by atoms with E-state index in [-0.39, 0.29) is 17.5 Å². The van der Waals surface area contributed by atoms with Gasteiger partial charge in [-0.05, 0) is 24.1 Å². The minimum absolute atomic E-state index is 0.136. The second-order valence-electron chi connectivity index (χ2n) is 3.17. The van der Waals surface area contributed by atoms with Gasteiger partial charge in [0.2, 0.25) is 0 Å². The van der Waals surface area contributed by atoms with Crippen molar-refractivity contribution in [3.05, 3.63) is 29.1 Å². The van der Waals surface area contributed by atoms with E-state index < -0.39 is 24.1 Å². The highest BCUT2D eigenvalue weighted by molar-refractivity contribution is 5.70. The van der Waals surface area contributed by atoms with E-state index >= 15 is 0 Å². The van der Waals surface area contributed by atoms with Crippen molar-refractivity contribution >= 4 is 5.97 Å². The zero-order valence-electron chi connectivity index (χ0n) is 8.34. The van der Waals surface area contributed by atoms with Gasteiger partial charge < -0.3 is 9.84 Å². The quantitative estimate of drug-likeness (QED) is 0.869. The Morgan fingerprint density at radius 2 is 2.12 bits per heavy atom. The molecule has 6 heteroatoms. The maximum atomic E-state index is 13.3. The maximum Gasteiger partial charge on any atom is 0.387 e. The third-order valence-electron chi connectivity index (χ3n) is 1.85. The van der Waals surface area contributed by atoms with Crippen LogP contribution in [0, 0.1) is 12.7 Å². The van der Waals surface area contributed by atoms with Crippen LogP contribution < -0.4 is 4.74 Å². The number of aliphatic carboxylic acids is 1. The second kappa shape index (κ2) is 4.87. The van der Waals surface area contributed by atoms with Crippen molar-refractivity contribution in [1.29, 1.82) is 0 Å². The van der Waals surface area contributed by atoms with Crippen LogP contribution in [-0.2, 0) is 11.2 Å². The molecule has 88 valence electrons. The fourth-order valence-electron chi connectivity index (χ4n) is 1.32. The Balaban J connectivity index is 3.02. The fourth-order valence-corrected chi connectivity index (χ4v) is 1.32. The van der Waals surface area contributed by atoms with Crippen molar-refractivity contribution in [3.8, 4) is 5.75 Å². The van der Waals surface area contributed by atoms with Gasteiger partial charge in [0.25, 0.3) is 0 Å². The van der Waals surface area contributed by atoms with Gasteiger partial charge in [-0.15, -0.1) is 0 Å². The molecule has 0 aliphatic heterocycles. The largest absolute Gasteiger partial charge is 0.481 e. The number of benzene rings is 1. The van der Waals surface area contributed by atoms with Gasteiger partial charge in [0.05, 0.1) is 6.42 Å². The molecule has 1 aromatic rings. The molecular weight excluding hydrogens is 225 g/mol. The molecule has 16 heavy (non-hydrogen) atoms. The lowest BCUT2D eigenvalue weighted by molar-refractivity contribution is -0.136. The molecule has 0 saturated carbocycles. The number of aryl methyl sites for hydroxylation is 1. The first-order valence-corrected chi connectivity index (χ1v) is 4.35. The van der Waals surface area contributed by atoms with Crippen LogP contribution in [0.25, 0.3) is 0 Å². The molecule has 1 aromatic carbocycles. The number of carboxylic acid groups (broad SMARTS) is 1. The number of carbonyl (C=O) groups is 1. The van der Waals surface area contributed by atoms with Crippen LogP contribution in [0.4, 0.5) is 13.2 Å². The van der Waals surface area contributed by atoms with Crippen molar-refractivity contribution in [1.82, 2.24) is 0 Å². The average Bonchev–Trinajstić information content (AvgIpc) is 2.10. The molecule has 0 amide bonds. The van der Waals surface area contributed by atoms with Crippen LogP contribution in [0.5, 0.6) is 5.75 Å². The summed E-state index contributed by atoms with van der Waals surface area (Å²) in [4.78, 5) is 10.4. The summed E-state index contributed by atoms with van der Waals surface area (Å²) in [5.74, 6) is -2.66. The number of halogens is 3.